The molecule has 2 aliphatic carbocycles. The summed E-state index contributed by atoms with van der Waals surface area (Å²) < 4.78 is 0. The summed E-state index contributed by atoms with van der Waals surface area (Å²) in [5, 5.41) is 12.1. The molecule has 1 heterocycles. The average molecular weight is 294 g/mol. The number of urea groups is 1. The van der Waals surface area contributed by atoms with Crippen molar-refractivity contribution in [2.75, 3.05) is 13.1 Å². The molecular weight excluding hydrogens is 268 g/mol. The van der Waals surface area contributed by atoms with Gasteiger partial charge in [-0.1, -0.05) is 6.42 Å². The minimum Gasteiger partial charge on any atom is -0.481 e. The van der Waals surface area contributed by atoms with Crippen LogP contribution in [0.2, 0.25) is 0 Å². The lowest BCUT2D eigenvalue weighted by Gasteiger charge is -2.35. The molecule has 3 fully saturated rings. The quantitative estimate of drug-likeness (QED) is 0.837. The number of fused-ring (bicyclic) bond motifs is 2. The fourth-order valence-electron chi connectivity index (χ4n) is 4.63. The maximum atomic E-state index is 12.4. The number of carboxylic acids is 1. The molecule has 118 valence electrons. The van der Waals surface area contributed by atoms with Gasteiger partial charge < -0.3 is 15.3 Å². The Kier molecular flexibility index (Phi) is 4.36. The summed E-state index contributed by atoms with van der Waals surface area (Å²) in [5.74, 6) is 1.54. The van der Waals surface area contributed by atoms with Crippen LogP contribution < -0.4 is 5.32 Å². The molecular formula is C16H26N2O3. The van der Waals surface area contributed by atoms with E-state index in [2.05, 4.69) is 5.32 Å². The molecule has 21 heavy (non-hydrogen) atoms. The van der Waals surface area contributed by atoms with Crippen LogP contribution in [0.4, 0.5) is 4.79 Å². The van der Waals surface area contributed by atoms with Crippen molar-refractivity contribution >= 4 is 12.0 Å². The van der Waals surface area contributed by atoms with Gasteiger partial charge in [0, 0.05) is 19.1 Å². The standard InChI is InChI=1S/C16H26N2O3/c19-15(20)9-14-3-1-2-6-18(14)16(21)17-10-13-8-11-4-5-12(13)7-11/h11-14H,1-10H2,(H,17,21)(H,19,20). The highest BCUT2D eigenvalue weighted by Gasteiger charge is 2.39. The first-order valence-corrected chi connectivity index (χ1v) is 8.39. The van der Waals surface area contributed by atoms with Crippen molar-refractivity contribution in [2.45, 2.75) is 57.4 Å². The third-order valence-corrected chi connectivity index (χ3v) is 5.70. The van der Waals surface area contributed by atoms with E-state index in [0.29, 0.717) is 12.5 Å². The second-order valence-corrected chi connectivity index (χ2v) is 7.06. The second kappa shape index (κ2) is 6.24. The number of hydrogen-bond acceptors (Lipinski definition) is 2. The van der Waals surface area contributed by atoms with Crippen molar-refractivity contribution in [3.05, 3.63) is 0 Å². The molecule has 3 aliphatic rings. The zero-order valence-electron chi connectivity index (χ0n) is 12.6. The summed E-state index contributed by atoms with van der Waals surface area (Å²) in [6, 6.07) is -0.181. The van der Waals surface area contributed by atoms with E-state index in [1.165, 1.54) is 25.7 Å². The summed E-state index contributed by atoms with van der Waals surface area (Å²) in [6.07, 6.45) is 8.22. The van der Waals surface area contributed by atoms with Gasteiger partial charge in [-0.2, -0.15) is 0 Å². The Morgan fingerprint density at radius 2 is 2.00 bits per heavy atom. The van der Waals surface area contributed by atoms with E-state index >= 15 is 0 Å². The molecule has 5 heteroatoms. The molecule has 0 aromatic heterocycles. The third-order valence-electron chi connectivity index (χ3n) is 5.70. The van der Waals surface area contributed by atoms with Crippen LogP contribution in [0.15, 0.2) is 0 Å². The van der Waals surface area contributed by atoms with Gasteiger partial charge >= 0.3 is 12.0 Å². The molecule has 2 N–H and O–H groups in total. The van der Waals surface area contributed by atoms with E-state index in [1.807, 2.05) is 0 Å². The normalized spacial score (nSPS) is 35.0. The molecule has 0 aromatic carbocycles. The van der Waals surface area contributed by atoms with Gasteiger partial charge in [0.15, 0.2) is 0 Å². The van der Waals surface area contributed by atoms with Crippen molar-refractivity contribution in [1.82, 2.24) is 10.2 Å². The first kappa shape index (κ1) is 14.7. The number of carbonyl (C=O) groups is 2. The fraction of sp³-hybridized carbons (Fsp3) is 0.875. The molecule has 4 unspecified atom stereocenters. The van der Waals surface area contributed by atoms with Crippen LogP contribution in [0.5, 0.6) is 0 Å². The molecule has 0 aromatic rings. The van der Waals surface area contributed by atoms with Crippen molar-refractivity contribution in [3.63, 3.8) is 0 Å². The van der Waals surface area contributed by atoms with Gasteiger partial charge in [0.25, 0.3) is 0 Å². The fourth-order valence-corrected chi connectivity index (χ4v) is 4.63. The zero-order chi connectivity index (χ0) is 14.8. The smallest absolute Gasteiger partial charge is 0.317 e. The summed E-state index contributed by atoms with van der Waals surface area (Å²) in [7, 11) is 0. The monoisotopic (exact) mass is 294 g/mol. The average Bonchev–Trinajstić information content (AvgIpc) is 3.07. The maximum absolute atomic E-state index is 12.4. The van der Waals surface area contributed by atoms with Crippen molar-refractivity contribution < 1.29 is 14.7 Å². The largest absolute Gasteiger partial charge is 0.481 e. The minimum absolute atomic E-state index is 0.0521. The van der Waals surface area contributed by atoms with Crippen LogP contribution in [0.1, 0.15) is 51.4 Å². The first-order chi connectivity index (χ1) is 10.1. The molecule has 1 saturated heterocycles. The number of carboxylic acid groups (broad SMARTS) is 1. The minimum atomic E-state index is -0.812. The van der Waals surface area contributed by atoms with Crippen LogP contribution in [0.25, 0.3) is 0 Å². The summed E-state index contributed by atoms with van der Waals surface area (Å²) in [5.41, 5.74) is 0. The Balaban J connectivity index is 1.50. The van der Waals surface area contributed by atoms with Gasteiger partial charge in [-0.05, 0) is 56.3 Å². The van der Waals surface area contributed by atoms with Crippen LogP contribution >= 0.6 is 0 Å². The number of likely N-dealkylation sites (tertiary alicyclic amines) is 1. The van der Waals surface area contributed by atoms with E-state index < -0.39 is 5.97 Å². The molecule has 5 nitrogen and oxygen atoms in total. The molecule has 2 amide bonds. The molecule has 0 spiro atoms. The van der Waals surface area contributed by atoms with Crippen molar-refractivity contribution in [3.8, 4) is 0 Å². The number of amides is 2. The molecule has 2 bridgehead atoms. The lowest BCUT2D eigenvalue weighted by molar-refractivity contribution is -0.138. The van der Waals surface area contributed by atoms with Crippen LogP contribution in [-0.2, 0) is 4.79 Å². The molecule has 3 rings (SSSR count). The lowest BCUT2D eigenvalue weighted by Crippen LogP contribution is -2.50. The van der Waals surface area contributed by atoms with E-state index in [9.17, 15) is 9.59 Å². The number of aliphatic carboxylic acids is 1. The van der Waals surface area contributed by atoms with E-state index in [-0.39, 0.29) is 18.5 Å². The van der Waals surface area contributed by atoms with Gasteiger partial charge in [-0.3, -0.25) is 4.79 Å². The highest BCUT2D eigenvalue weighted by molar-refractivity contribution is 5.76. The second-order valence-electron chi connectivity index (χ2n) is 7.06. The summed E-state index contributed by atoms with van der Waals surface area (Å²) >= 11 is 0. The van der Waals surface area contributed by atoms with Crippen LogP contribution in [0, 0.1) is 17.8 Å². The van der Waals surface area contributed by atoms with Gasteiger partial charge in [-0.15, -0.1) is 0 Å². The Morgan fingerprint density at radius 1 is 1.14 bits per heavy atom. The maximum Gasteiger partial charge on any atom is 0.317 e. The third kappa shape index (κ3) is 3.33. The molecule has 4 atom stereocenters. The predicted molar refractivity (Wildman–Crippen MR) is 78.9 cm³/mol. The van der Waals surface area contributed by atoms with Gasteiger partial charge in [0.05, 0.1) is 6.42 Å². The van der Waals surface area contributed by atoms with Crippen LogP contribution in [0.3, 0.4) is 0 Å². The van der Waals surface area contributed by atoms with Crippen LogP contribution in [-0.4, -0.2) is 41.1 Å². The number of nitrogens with zero attached hydrogens (tertiary/aromatic N) is 1. The zero-order valence-corrected chi connectivity index (χ0v) is 12.6. The molecule has 0 radical (unpaired) electrons. The number of piperidine rings is 1. The van der Waals surface area contributed by atoms with E-state index in [0.717, 1.165) is 37.6 Å². The Bertz CT molecular complexity index is 412. The van der Waals surface area contributed by atoms with Crippen molar-refractivity contribution in [1.29, 1.82) is 0 Å². The number of hydrogen-bond donors (Lipinski definition) is 2. The molecule has 2 saturated carbocycles. The highest BCUT2D eigenvalue weighted by atomic mass is 16.4. The highest BCUT2D eigenvalue weighted by Crippen LogP contribution is 2.47. The topological polar surface area (TPSA) is 69.6 Å². The Labute approximate surface area is 126 Å². The molecule has 1 aliphatic heterocycles. The summed E-state index contributed by atoms with van der Waals surface area (Å²) in [4.78, 5) is 25.1. The Morgan fingerprint density at radius 3 is 2.67 bits per heavy atom. The number of rotatable bonds is 4. The summed E-state index contributed by atoms with van der Waals surface area (Å²) in [6.45, 7) is 1.47. The van der Waals surface area contributed by atoms with E-state index in [4.69, 9.17) is 5.11 Å². The lowest BCUT2D eigenvalue weighted by atomic mass is 9.89. The SMILES string of the molecule is O=C(O)CC1CCCCN1C(=O)NCC1CC2CCC1C2. The van der Waals surface area contributed by atoms with E-state index in [1.54, 1.807) is 4.90 Å². The number of carbonyl (C=O) groups excluding carboxylic acids is 1. The van der Waals surface area contributed by atoms with Gasteiger partial charge in [0.1, 0.15) is 0 Å². The van der Waals surface area contributed by atoms with Gasteiger partial charge in [-0.25, -0.2) is 4.79 Å². The predicted octanol–water partition coefficient (Wildman–Crippen LogP) is 2.46. The van der Waals surface area contributed by atoms with Crippen molar-refractivity contribution in [2.24, 2.45) is 17.8 Å². The van der Waals surface area contributed by atoms with Gasteiger partial charge in [0.2, 0.25) is 0 Å². The first-order valence-electron chi connectivity index (χ1n) is 8.39. The Hall–Kier alpha value is -1.26. The number of nitrogens with one attached hydrogen (secondary N) is 1.